The lowest BCUT2D eigenvalue weighted by Gasteiger charge is -2.16. The second kappa shape index (κ2) is 10.5. The summed E-state index contributed by atoms with van der Waals surface area (Å²) in [5, 5.41) is 15.9. The minimum absolute atomic E-state index is 0.0910. The van der Waals surface area contributed by atoms with E-state index in [4.69, 9.17) is 0 Å². The maximum absolute atomic E-state index is 12.8. The number of nitrogens with one attached hydrogen (secondary N) is 2. The third-order valence-corrected chi connectivity index (χ3v) is 6.21. The average molecular weight is 532 g/mol. The van der Waals surface area contributed by atoms with Gasteiger partial charge in [-0.15, -0.1) is 0 Å². The Morgan fingerprint density at radius 3 is 2.43 bits per heavy atom. The van der Waals surface area contributed by atoms with E-state index in [1.165, 1.54) is 0 Å². The van der Waals surface area contributed by atoms with Gasteiger partial charge in [-0.3, -0.25) is 14.6 Å². The molecule has 2 amide bonds. The van der Waals surface area contributed by atoms with Crippen LogP contribution >= 0.6 is 15.9 Å². The van der Waals surface area contributed by atoms with Gasteiger partial charge in [0.25, 0.3) is 11.8 Å². The number of nitrogens with zero attached hydrogens (tertiary/aromatic N) is 1. The van der Waals surface area contributed by atoms with Crippen LogP contribution in [0, 0.1) is 6.92 Å². The van der Waals surface area contributed by atoms with Crippen molar-refractivity contribution in [2.75, 3.05) is 5.32 Å². The van der Waals surface area contributed by atoms with E-state index in [-0.39, 0.29) is 12.3 Å². The minimum Gasteiger partial charge on any atom is -0.480 e. The molecule has 0 saturated carbocycles. The summed E-state index contributed by atoms with van der Waals surface area (Å²) in [6, 6.07) is 20.1. The number of carboxylic acids is 1. The molecule has 3 N–H and O–H groups in total. The van der Waals surface area contributed by atoms with Gasteiger partial charge in [0, 0.05) is 28.2 Å². The third-order valence-electron chi connectivity index (χ3n) is 5.52. The number of aryl methyl sites for hydroxylation is 1. The van der Waals surface area contributed by atoms with Gasteiger partial charge in [-0.05, 0) is 64.8 Å². The number of rotatable bonds is 7. The number of aromatic nitrogens is 1. The lowest BCUT2D eigenvalue weighted by molar-refractivity contribution is -0.139. The van der Waals surface area contributed by atoms with Gasteiger partial charge in [0.05, 0.1) is 16.6 Å². The molecule has 8 heteroatoms. The molecule has 1 unspecified atom stereocenters. The van der Waals surface area contributed by atoms with E-state index in [0.29, 0.717) is 26.9 Å². The number of anilines is 1. The fourth-order valence-corrected chi connectivity index (χ4v) is 4.13. The van der Waals surface area contributed by atoms with Crippen molar-refractivity contribution in [3.05, 3.63) is 106 Å². The Balaban J connectivity index is 1.44. The molecule has 0 bridgehead atoms. The van der Waals surface area contributed by atoms with Crippen LogP contribution in [0.5, 0.6) is 0 Å². The number of aliphatic carboxylic acids is 1. The number of fused-ring (bicyclic) bond motifs is 1. The Bertz CT molecular complexity index is 1410. The van der Waals surface area contributed by atoms with Gasteiger partial charge in [0.15, 0.2) is 0 Å². The second-order valence-corrected chi connectivity index (χ2v) is 8.93. The summed E-state index contributed by atoms with van der Waals surface area (Å²) in [4.78, 5) is 41.6. The van der Waals surface area contributed by atoms with Crippen LogP contribution in [0.15, 0.2) is 83.5 Å². The van der Waals surface area contributed by atoms with Crippen molar-refractivity contribution in [1.29, 1.82) is 0 Å². The molecule has 4 aromatic rings. The zero-order chi connectivity index (χ0) is 24.9. The number of hydrogen-bond donors (Lipinski definition) is 3. The molecule has 0 spiro atoms. The van der Waals surface area contributed by atoms with Gasteiger partial charge >= 0.3 is 5.97 Å². The number of pyridine rings is 1. The molecule has 0 radical (unpaired) electrons. The van der Waals surface area contributed by atoms with Crippen LogP contribution in [-0.2, 0) is 11.2 Å². The number of halogens is 1. The summed E-state index contributed by atoms with van der Waals surface area (Å²) in [7, 11) is 0. The first-order valence-corrected chi connectivity index (χ1v) is 11.6. The van der Waals surface area contributed by atoms with Crippen LogP contribution in [0.4, 0.5) is 5.69 Å². The molecule has 0 aliphatic carbocycles. The lowest BCUT2D eigenvalue weighted by Crippen LogP contribution is -2.42. The Morgan fingerprint density at radius 1 is 0.943 bits per heavy atom. The minimum atomic E-state index is -1.14. The number of hydrogen-bond acceptors (Lipinski definition) is 4. The van der Waals surface area contributed by atoms with E-state index in [0.717, 1.165) is 16.5 Å². The Kier molecular flexibility index (Phi) is 7.22. The van der Waals surface area contributed by atoms with E-state index in [2.05, 4.69) is 31.5 Å². The zero-order valence-electron chi connectivity index (χ0n) is 18.8. The van der Waals surface area contributed by atoms with Gasteiger partial charge in [-0.2, -0.15) is 0 Å². The van der Waals surface area contributed by atoms with E-state index in [1.807, 2.05) is 37.3 Å². The number of carboxylic acid groups (broad SMARTS) is 1. The predicted molar refractivity (Wildman–Crippen MR) is 138 cm³/mol. The maximum Gasteiger partial charge on any atom is 0.326 e. The quantitative estimate of drug-likeness (QED) is 0.311. The first-order valence-electron chi connectivity index (χ1n) is 10.9. The van der Waals surface area contributed by atoms with Crippen molar-refractivity contribution >= 4 is 50.3 Å². The molecule has 1 aromatic heterocycles. The van der Waals surface area contributed by atoms with E-state index in [9.17, 15) is 19.5 Å². The topological polar surface area (TPSA) is 108 Å². The molecule has 0 fully saturated rings. The number of benzene rings is 3. The highest BCUT2D eigenvalue weighted by Gasteiger charge is 2.22. The summed E-state index contributed by atoms with van der Waals surface area (Å²) >= 11 is 3.34. The Hall–Kier alpha value is -4.04. The summed E-state index contributed by atoms with van der Waals surface area (Å²) in [6.45, 7) is 1.86. The van der Waals surface area contributed by atoms with Crippen molar-refractivity contribution in [3.8, 4) is 0 Å². The fraction of sp³-hybridized carbons (Fsp3) is 0.111. The lowest BCUT2D eigenvalue weighted by atomic mass is 10.0. The molecule has 4 rings (SSSR count). The Labute approximate surface area is 210 Å². The summed E-state index contributed by atoms with van der Waals surface area (Å²) in [5.74, 6) is -1.87. The molecule has 35 heavy (non-hydrogen) atoms. The highest BCUT2D eigenvalue weighted by Crippen LogP contribution is 2.20. The van der Waals surface area contributed by atoms with Crippen LogP contribution in [0.2, 0.25) is 0 Å². The highest BCUT2D eigenvalue weighted by molar-refractivity contribution is 9.10. The largest absolute Gasteiger partial charge is 0.480 e. The molecule has 0 aliphatic heterocycles. The van der Waals surface area contributed by atoms with Crippen LogP contribution in [0.3, 0.4) is 0 Å². The molecular weight excluding hydrogens is 510 g/mol. The molecule has 0 saturated heterocycles. The number of carbonyl (C=O) groups is 3. The van der Waals surface area contributed by atoms with Crippen LogP contribution in [0.25, 0.3) is 10.9 Å². The molecule has 0 aliphatic rings. The number of para-hydroxylation sites is 1. The molecule has 1 atom stereocenters. The summed E-state index contributed by atoms with van der Waals surface area (Å²) < 4.78 is 0.590. The van der Waals surface area contributed by atoms with Crippen molar-refractivity contribution in [2.45, 2.75) is 19.4 Å². The summed E-state index contributed by atoms with van der Waals surface area (Å²) in [5.41, 5.74) is 3.78. The maximum atomic E-state index is 12.8. The van der Waals surface area contributed by atoms with Gasteiger partial charge in [-0.1, -0.05) is 42.0 Å². The summed E-state index contributed by atoms with van der Waals surface area (Å²) in [6.07, 6.45) is 1.68. The zero-order valence-corrected chi connectivity index (χ0v) is 20.4. The van der Waals surface area contributed by atoms with Crippen LogP contribution in [0.1, 0.15) is 31.8 Å². The standard InChI is InChI=1S/C27H22BrN3O4/c1-16-6-11-22(28)21(14-16)26(33)31-24(27(34)35)15-17-7-9-18(10-8-17)30-25(32)20-12-13-29-23-5-3-2-4-19(20)23/h2-14,24H,15H2,1H3,(H,30,32)(H,31,33)(H,34,35). The SMILES string of the molecule is Cc1ccc(Br)c(C(=O)NC(Cc2ccc(NC(=O)c3ccnc4ccccc34)cc2)C(=O)O)c1. The molecule has 3 aromatic carbocycles. The van der Waals surface area contributed by atoms with Crippen LogP contribution in [-0.4, -0.2) is 33.9 Å². The van der Waals surface area contributed by atoms with Crippen molar-refractivity contribution in [2.24, 2.45) is 0 Å². The fourth-order valence-electron chi connectivity index (χ4n) is 3.70. The first-order chi connectivity index (χ1) is 16.8. The van der Waals surface area contributed by atoms with Gasteiger partial charge < -0.3 is 15.7 Å². The van der Waals surface area contributed by atoms with E-state index in [1.54, 1.807) is 48.7 Å². The smallest absolute Gasteiger partial charge is 0.326 e. The first kappa shape index (κ1) is 24.1. The normalized spacial score (nSPS) is 11.6. The molecule has 1 heterocycles. The number of carbonyl (C=O) groups excluding carboxylic acids is 2. The highest BCUT2D eigenvalue weighted by atomic mass is 79.9. The monoisotopic (exact) mass is 531 g/mol. The molecule has 176 valence electrons. The predicted octanol–water partition coefficient (Wildman–Crippen LogP) is 4.98. The Morgan fingerprint density at radius 2 is 1.69 bits per heavy atom. The van der Waals surface area contributed by atoms with Crippen LogP contribution < -0.4 is 10.6 Å². The molecule has 7 nitrogen and oxygen atoms in total. The van der Waals surface area contributed by atoms with E-state index < -0.39 is 17.9 Å². The van der Waals surface area contributed by atoms with Crippen molar-refractivity contribution in [1.82, 2.24) is 10.3 Å². The number of amides is 2. The third kappa shape index (κ3) is 5.73. The van der Waals surface area contributed by atoms with Crippen molar-refractivity contribution < 1.29 is 19.5 Å². The van der Waals surface area contributed by atoms with Crippen molar-refractivity contribution in [3.63, 3.8) is 0 Å². The average Bonchev–Trinajstić information content (AvgIpc) is 2.85. The molecular formula is C27H22BrN3O4. The second-order valence-electron chi connectivity index (χ2n) is 8.08. The van der Waals surface area contributed by atoms with E-state index >= 15 is 0 Å². The van der Waals surface area contributed by atoms with Gasteiger partial charge in [-0.25, -0.2) is 4.79 Å². The van der Waals surface area contributed by atoms with Gasteiger partial charge in [0.2, 0.25) is 0 Å². The van der Waals surface area contributed by atoms with Gasteiger partial charge in [0.1, 0.15) is 6.04 Å².